The van der Waals surface area contributed by atoms with E-state index in [1.807, 2.05) is 60.7 Å². The highest BCUT2D eigenvalue weighted by molar-refractivity contribution is 7.66. The van der Waals surface area contributed by atoms with E-state index in [-0.39, 0.29) is 14.1 Å². The summed E-state index contributed by atoms with van der Waals surface area (Å²) in [6, 6.07) is 23.1. The highest BCUT2D eigenvalue weighted by Gasteiger charge is 2.14. The molecule has 1 atom stereocenters. The summed E-state index contributed by atoms with van der Waals surface area (Å²) in [5, 5.41) is 1.45. The lowest BCUT2D eigenvalue weighted by Crippen LogP contribution is -2.04. The number of halogens is 1. The molecule has 0 heterocycles. The Kier molecular flexibility index (Phi) is 5.30. The maximum absolute atomic E-state index is 12.6. The Hall–Kier alpha value is -2.15. The number of carbonyl (C=O) groups excluding carboxylic acids is 1. The summed E-state index contributed by atoms with van der Waals surface area (Å²) in [7, 11) is 1.52. The first-order valence-electron chi connectivity index (χ1n) is 7.48. The fourth-order valence-corrected chi connectivity index (χ4v) is 3.71. The first-order valence-corrected chi connectivity index (χ1v) is 8.86. The molecule has 0 aliphatic rings. The fourth-order valence-electron chi connectivity index (χ4n) is 2.45. The third-order valence-electron chi connectivity index (χ3n) is 3.68. The van der Waals surface area contributed by atoms with Gasteiger partial charge in [0, 0.05) is 5.02 Å². The van der Waals surface area contributed by atoms with Crippen LogP contribution in [0.4, 0.5) is 0 Å². The van der Waals surface area contributed by atoms with Gasteiger partial charge >= 0.3 is 0 Å². The van der Waals surface area contributed by atoms with Crippen LogP contribution in [0.15, 0.2) is 72.8 Å². The molecule has 1 unspecified atom stereocenters. The van der Waals surface area contributed by atoms with Gasteiger partial charge in [0.15, 0.2) is 5.52 Å². The van der Waals surface area contributed by atoms with Gasteiger partial charge in [-0.25, -0.2) is 0 Å². The van der Waals surface area contributed by atoms with Crippen molar-refractivity contribution in [2.24, 2.45) is 0 Å². The van der Waals surface area contributed by atoms with E-state index in [9.17, 15) is 4.79 Å². The number of methoxy groups -OCH3 is 1. The predicted octanol–water partition coefficient (Wildman–Crippen LogP) is 5.16. The molecule has 0 amide bonds. The first kappa shape index (κ1) is 16.7. The Morgan fingerprint density at radius 1 is 0.917 bits per heavy atom. The second kappa shape index (κ2) is 7.61. The molecular formula is C20H16ClO2P. The molecule has 24 heavy (non-hydrogen) atoms. The van der Waals surface area contributed by atoms with E-state index < -0.39 is 0 Å². The van der Waals surface area contributed by atoms with Crippen LogP contribution in [0.1, 0.15) is 10.4 Å². The molecule has 0 N–H and O–H groups in total. The van der Waals surface area contributed by atoms with Crippen LogP contribution in [0.3, 0.4) is 0 Å². The Labute approximate surface area is 148 Å². The zero-order chi connectivity index (χ0) is 16.9. The van der Waals surface area contributed by atoms with Gasteiger partial charge in [-0.3, -0.25) is 4.79 Å². The molecule has 3 aromatic carbocycles. The Bertz CT molecular complexity index is 863. The van der Waals surface area contributed by atoms with Crippen LogP contribution in [0.2, 0.25) is 5.02 Å². The van der Waals surface area contributed by atoms with Gasteiger partial charge in [0.2, 0.25) is 0 Å². The minimum atomic E-state index is -0.0429. The van der Waals surface area contributed by atoms with Crippen molar-refractivity contribution < 1.29 is 9.53 Å². The molecule has 0 spiro atoms. The molecular weight excluding hydrogens is 339 g/mol. The molecule has 0 aliphatic heterocycles. The van der Waals surface area contributed by atoms with Crippen LogP contribution in [-0.2, 0) is 0 Å². The molecule has 120 valence electrons. The molecule has 0 saturated heterocycles. The van der Waals surface area contributed by atoms with Gasteiger partial charge < -0.3 is 4.74 Å². The van der Waals surface area contributed by atoms with Crippen molar-refractivity contribution in [1.82, 2.24) is 0 Å². The normalized spacial score (nSPS) is 10.9. The van der Waals surface area contributed by atoms with E-state index in [0.29, 0.717) is 16.3 Å². The highest BCUT2D eigenvalue weighted by atomic mass is 35.5. The average molecular weight is 355 g/mol. The van der Waals surface area contributed by atoms with Gasteiger partial charge in [-0.15, -0.1) is 0 Å². The summed E-state index contributed by atoms with van der Waals surface area (Å²) in [5.41, 5.74) is 2.74. The van der Waals surface area contributed by atoms with Crippen LogP contribution in [0, 0.1) is 0 Å². The Balaban J connectivity index is 1.84. The summed E-state index contributed by atoms with van der Waals surface area (Å²) in [6.45, 7) is 0. The summed E-state index contributed by atoms with van der Waals surface area (Å²) < 4.78 is 5.26. The number of hydrogen-bond donors (Lipinski definition) is 0. The van der Waals surface area contributed by atoms with Crippen LogP contribution in [0.25, 0.3) is 11.1 Å². The topological polar surface area (TPSA) is 26.3 Å². The standard InChI is InChI=1S/C20H16ClO2P/c1-23-18-10-6-5-9-16(18)20(22)24-19-12-11-15(13-17(19)21)14-7-3-2-4-8-14/h2-13,24H,1H3. The maximum atomic E-state index is 12.6. The molecule has 0 aromatic heterocycles. The van der Waals surface area contributed by atoms with Crippen molar-refractivity contribution >= 4 is 31.0 Å². The van der Waals surface area contributed by atoms with Crippen LogP contribution >= 0.6 is 20.2 Å². The van der Waals surface area contributed by atoms with Crippen molar-refractivity contribution in [1.29, 1.82) is 0 Å². The van der Waals surface area contributed by atoms with Crippen LogP contribution in [0.5, 0.6) is 5.75 Å². The predicted molar refractivity (Wildman–Crippen MR) is 102 cm³/mol. The summed E-state index contributed by atoms with van der Waals surface area (Å²) in [4.78, 5) is 12.6. The van der Waals surface area contributed by atoms with Gasteiger partial charge in [-0.2, -0.15) is 0 Å². The molecule has 0 saturated carbocycles. The van der Waals surface area contributed by atoms with Crippen LogP contribution in [-0.4, -0.2) is 12.6 Å². The quantitative estimate of drug-likeness (QED) is 0.591. The summed E-state index contributed by atoms with van der Waals surface area (Å²) in [5.74, 6) is 0.590. The number of hydrogen-bond acceptors (Lipinski definition) is 2. The maximum Gasteiger partial charge on any atom is 0.189 e. The molecule has 4 heteroatoms. The van der Waals surface area contributed by atoms with Crippen molar-refractivity contribution in [3.05, 3.63) is 83.4 Å². The third kappa shape index (κ3) is 3.67. The molecule has 0 aliphatic carbocycles. The SMILES string of the molecule is COc1ccccc1C(=O)Pc1ccc(-c2ccccc2)cc1Cl. The fraction of sp³-hybridized carbons (Fsp3) is 0.0500. The highest BCUT2D eigenvalue weighted by Crippen LogP contribution is 2.30. The second-order valence-corrected chi connectivity index (χ2v) is 6.87. The molecule has 0 bridgehead atoms. The summed E-state index contributed by atoms with van der Waals surface area (Å²) in [6.07, 6.45) is 0. The van der Waals surface area contributed by atoms with E-state index in [1.54, 1.807) is 19.2 Å². The van der Waals surface area contributed by atoms with Gasteiger partial charge in [0.05, 0.1) is 12.7 Å². The molecule has 2 nitrogen and oxygen atoms in total. The van der Waals surface area contributed by atoms with Crippen LogP contribution < -0.4 is 10.0 Å². The lowest BCUT2D eigenvalue weighted by Gasteiger charge is -2.09. The third-order valence-corrected chi connectivity index (χ3v) is 5.35. The van der Waals surface area contributed by atoms with Crippen molar-refractivity contribution in [2.75, 3.05) is 7.11 Å². The largest absolute Gasteiger partial charge is 0.496 e. The molecule has 0 fully saturated rings. The Morgan fingerprint density at radius 2 is 1.62 bits per heavy atom. The van der Waals surface area contributed by atoms with Gasteiger partial charge in [-0.1, -0.05) is 66.2 Å². The number of carbonyl (C=O) groups is 1. The zero-order valence-electron chi connectivity index (χ0n) is 13.1. The summed E-state index contributed by atoms with van der Waals surface area (Å²) >= 11 is 6.41. The van der Waals surface area contributed by atoms with Crippen molar-refractivity contribution in [2.45, 2.75) is 0 Å². The number of para-hydroxylation sites is 1. The second-order valence-electron chi connectivity index (χ2n) is 5.22. The van der Waals surface area contributed by atoms with E-state index in [2.05, 4.69) is 0 Å². The Morgan fingerprint density at radius 3 is 2.33 bits per heavy atom. The minimum Gasteiger partial charge on any atom is -0.496 e. The van der Waals surface area contributed by atoms with E-state index in [1.165, 1.54) is 0 Å². The molecule has 0 radical (unpaired) electrons. The van der Waals surface area contributed by atoms with E-state index >= 15 is 0 Å². The van der Waals surface area contributed by atoms with Crippen molar-refractivity contribution in [3.63, 3.8) is 0 Å². The number of rotatable bonds is 5. The first-order chi connectivity index (χ1) is 11.7. The van der Waals surface area contributed by atoms with Gasteiger partial charge in [0.25, 0.3) is 0 Å². The van der Waals surface area contributed by atoms with Gasteiger partial charge in [-0.05, 0) is 43.2 Å². The van der Waals surface area contributed by atoms with E-state index in [4.69, 9.17) is 16.3 Å². The van der Waals surface area contributed by atoms with Crippen molar-refractivity contribution in [3.8, 4) is 16.9 Å². The average Bonchev–Trinajstić information content (AvgIpc) is 2.64. The smallest absolute Gasteiger partial charge is 0.189 e. The lowest BCUT2D eigenvalue weighted by atomic mass is 10.1. The molecule has 3 aromatic rings. The zero-order valence-corrected chi connectivity index (χ0v) is 14.9. The monoisotopic (exact) mass is 354 g/mol. The minimum absolute atomic E-state index is 0.0156. The number of benzene rings is 3. The number of ether oxygens (including phenoxy) is 1. The van der Waals surface area contributed by atoms with Gasteiger partial charge in [0.1, 0.15) is 5.75 Å². The lowest BCUT2D eigenvalue weighted by molar-refractivity contribution is 0.108. The molecule has 3 rings (SSSR count). The van der Waals surface area contributed by atoms with E-state index in [0.717, 1.165) is 16.4 Å².